The molecule has 1 saturated heterocycles. The number of thiazole rings is 1. The number of hydrogen-bond acceptors (Lipinski definition) is 5. The smallest absolute Gasteiger partial charge is 0.220 e. The van der Waals surface area contributed by atoms with Gasteiger partial charge in [-0.2, -0.15) is 0 Å². The third-order valence-electron chi connectivity index (χ3n) is 4.28. The number of aromatic nitrogens is 1. The second kappa shape index (κ2) is 10.0. The average molecular weight is 394 g/mol. The zero-order valence-electron chi connectivity index (χ0n) is 14.7. The van der Waals surface area contributed by atoms with Gasteiger partial charge in [-0.15, -0.1) is 11.3 Å². The predicted octanol–water partition coefficient (Wildman–Crippen LogP) is 3.27. The van der Waals surface area contributed by atoms with Gasteiger partial charge in [0.15, 0.2) is 0 Å². The van der Waals surface area contributed by atoms with Crippen molar-refractivity contribution >= 4 is 28.8 Å². The molecule has 1 aliphatic heterocycles. The number of carbonyl (C=O) groups is 1. The van der Waals surface area contributed by atoms with Crippen LogP contribution in [0.5, 0.6) is 0 Å². The Hall–Kier alpha value is -1.47. The summed E-state index contributed by atoms with van der Waals surface area (Å²) in [6.45, 7) is 4.86. The lowest BCUT2D eigenvalue weighted by atomic mass is 10.1. The molecule has 0 saturated carbocycles. The minimum Gasteiger partial charge on any atom is -0.379 e. The van der Waals surface area contributed by atoms with Crippen LogP contribution in [0.2, 0.25) is 5.02 Å². The van der Waals surface area contributed by atoms with E-state index in [0.29, 0.717) is 13.0 Å². The van der Waals surface area contributed by atoms with Crippen molar-refractivity contribution in [2.45, 2.75) is 32.4 Å². The zero-order valence-corrected chi connectivity index (χ0v) is 16.3. The molecule has 5 nitrogen and oxygen atoms in total. The molecule has 1 aliphatic rings. The lowest BCUT2D eigenvalue weighted by molar-refractivity contribution is -0.121. The number of amides is 1. The van der Waals surface area contributed by atoms with E-state index >= 15 is 0 Å². The summed E-state index contributed by atoms with van der Waals surface area (Å²) in [6, 6.07) is 7.79. The van der Waals surface area contributed by atoms with Gasteiger partial charge in [-0.3, -0.25) is 9.69 Å². The van der Waals surface area contributed by atoms with Gasteiger partial charge >= 0.3 is 0 Å². The van der Waals surface area contributed by atoms with Crippen molar-refractivity contribution in [1.82, 2.24) is 15.2 Å². The summed E-state index contributed by atoms with van der Waals surface area (Å²) < 4.78 is 5.36. The zero-order chi connectivity index (χ0) is 18.2. The number of aryl methyl sites for hydroxylation is 1. The summed E-state index contributed by atoms with van der Waals surface area (Å²) in [7, 11) is 0. The molecular weight excluding hydrogens is 370 g/mol. The highest BCUT2D eigenvalue weighted by atomic mass is 35.5. The molecule has 1 aromatic carbocycles. The number of halogens is 1. The normalized spacial score (nSPS) is 15.1. The molecular formula is C19H24ClN3O2S. The molecule has 1 fully saturated rings. The molecule has 0 spiro atoms. The lowest BCUT2D eigenvalue weighted by Crippen LogP contribution is -2.35. The number of nitrogens with one attached hydrogen (secondary N) is 1. The Kier molecular flexibility index (Phi) is 7.43. The molecule has 0 bridgehead atoms. The fraction of sp³-hybridized carbons (Fsp3) is 0.474. The molecule has 0 radical (unpaired) electrons. The topological polar surface area (TPSA) is 54.5 Å². The van der Waals surface area contributed by atoms with E-state index in [9.17, 15) is 4.79 Å². The highest BCUT2D eigenvalue weighted by Gasteiger charge is 2.13. The van der Waals surface area contributed by atoms with Gasteiger partial charge in [-0.05, 0) is 30.5 Å². The van der Waals surface area contributed by atoms with Crippen molar-refractivity contribution in [2.24, 2.45) is 0 Å². The fourth-order valence-electron chi connectivity index (χ4n) is 2.90. The first kappa shape index (κ1) is 19.3. The molecule has 26 heavy (non-hydrogen) atoms. The molecule has 2 aromatic rings. The number of carbonyl (C=O) groups excluding carboxylic acids is 1. The molecule has 1 amide bonds. The number of nitrogens with zero attached hydrogens (tertiary/aromatic N) is 2. The van der Waals surface area contributed by atoms with Gasteiger partial charge in [0, 0.05) is 36.5 Å². The standard InChI is InChI=1S/C19H24ClN3O2S/c20-16-5-1-3-15(11-16)4-2-6-18(24)21-12-19-22-17(14-26-19)13-23-7-9-25-10-8-23/h1,3,5,11,14H,2,4,6-10,12-13H2,(H,21,24). The number of morpholine rings is 1. The van der Waals surface area contributed by atoms with Gasteiger partial charge in [0.1, 0.15) is 5.01 Å². The molecule has 0 unspecified atom stereocenters. The van der Waals surface area contributed by atoms with Gasteiger partial charge in [0.2, 0.25) is 5.91 Å². The largest absolute Gasteiger partial charge is 0.379 e. The molecule has 2 heterocycles. The maximum absolute atomic E-state index is 12.0. The van der Waals surface area contributed by atoms with Crippen LogP contribution in [0.15, 0.2) is 29.6 Å². The van der Waals surface area contributed by atoms with E-state index in [1.807, 2.05) is 24.3 Å². The summed E-state index contributed by atoms with van der Waals surface area (Å²) in [4.78, 5) is 19.0. The second-order valence-electron chi connectivity index (χ2n) is 6.38. The number of ether oxygens (including phenoxy) is 1. The average Bonchev–Trinajstić information content (AvgIpc) is 3.08. The fourth-order valence-corrected chi connectivity index (χ4v) is 3.84. The van der Waals surface area contributed by atoms with Crippen LogP contribution in [0.4, 0.5) is 0 Å². The molecule has 0 atom stereocenters. The van der Waals surface area contributed by atoms with Gasteiger partial charge in [0.05, 0.1) is 25.5 Å². The number of hydrogen-bond donors (Lipinski definition) is 1. The van der Waals surface area contributed by atoms with Crippen LogP contribution in [0.3, 0.4) is 0 Å². The van der Waals surface area contributed by atoms with Crippen LogP contribution in [-0.4, -0.2) is 42.1 Å². The monoisotopic (exact) mass is 393 g/mol. The van der Waals surface area contributed by atoms with Crippen molar-refractivity contribution in [3.63, 3.8) is 0 Å². The van der Waals surface area contributed by atoms with E-state index in [1.54, 1.807) is 11.3 Å². The minimum absolute atomic E-state index is 0.0666. The first-order chi connectivity index (χ1) is 12.7. The van der Waals surface area contributed by atoms with Crippen molar-refractivity contribution in [1.29, 1.82) is 0 Å². The highest BCUT2D eigenvalue weighted by Crippen LogP contribution is 2.14. The van der Waals surface area contributed by atoms with Gasteiger partial charge in [-0.1, -0.05) is 23.7 Å². The Morgan fingerprint density at radius 2 is 2.19 bits per heavy atom. The summed E-state index contributed by atoms with van der Waals surface area (Å²) in [5.74, 6) is 0.0666. The Bertz CT molecular complexity index is 716. The Labute approximate surface area is 163 Å². The van der Waals surface area contributed by atoms with Crippen LogP contribution in [0.25, 0.3) is 0 Å². The van der Waals surface area contributed by atoms with E-state index in [2.05, 4.69) is 20.6 Å². The number of rotatable bonds is 8. The first-order valence-electron chi connectivity index (χ1n) is 8.93. The predicted molar refractivity (Wildman–Crippen MR) is 104 cm³/mol. The molecule has 7 heteroatoms. The Morgan fingerprint density at radius 1 is 1.35 bits per heavy atom. The Morgan fingerprint density at radius 3 is 3.00 bits per heavy atom. The van der Waals surface area contributed by atoms with E-state index in [0.717, 1.165) is 67.0 Å². The quantitative estimate of drug-likeness (QED) is 0.747. The molecule has 1 aromatic heterocycles. The van der Waals surface area contributed by atoms with Gasteiger partial charge in [-0.25, -0.2) is 4.98 Å². The third-order valence-corrected chi connectivity index (χ3v) is 5.42. The van der Waals surface area contributed by atoms with E-state index < -0.39 is 0 Å². The van der Waals surface area contributed by atoms with Crippen LogP contribution in [0, 0.1) is 0 Å². The number of benzene rings is 1. The minimum atomic E-state index is 0.0666. The van der Waals surface area contributed by atoms with Crippen molar-refractivity contribution in [2.75, 3.05) is 26.3 Å². The summed E-state index contributed by atoms with van der Waals surface area (Å²) in [5.41, 5.74) is 2.24. The highest BCUT2D eigenvalue weighted by molar-refractivity contribution is 7.09. The van der Waals surface area contributed by atoms with Gasteiger partial charge < -0.3 is 10.1 Å². The summed E-state index contributed by atoms with van der Waals surface area (Å²) in [6.07, 6.45) is 2.18. The van der Waals surface area contributed by atoms with E-state index in [-0.39, 0.29) is 5.91 Å². The first-order valence-corrected chi connectivity index (χ1v) is 10.2. The van der Waals surface area contributed by atoms with Crippen LogP contribution < -0.4 is 5.32 Å². The summed E-state index contributed by atoms with van der Waals surface area (Å²) >= 11 is 7.58. The van der Waals surface area contributed by atoms with Crippen LogP contribution in [-0.2, 0) is 29.0 Å². The van der Waals surface area contributed by atoms with Crippen molar-refractivity contribution < 1.29 is 9.53 Å². The maximum Gasteiger partial charge on any atom is 0.220 e. The van der Waals surface area contributed by atoms with Crippen molar-refractivity contribution in [3.8, 4) is 0 Å². The lowest BCUT2D eigenvalue weighted by Gasteiger charge is -2.25. The SMILES string of the molecule is O=C(CCCc1cccc(Cl)c1)NCc1nc(CN2CCOCC2)cs1. The van der Waals surface area contributed by atoms with E-state index in [1.165, 1.54) is 0 Å². The van der Waals surface area contributed by atoms with E-state index in [4.69, 9.17) is 16.3 Å². The summed E-state index contributed by atoms with van der Waals surface area (Å²) in [5, 5.41) is 6.74. The molecule has 1 N–H and O–H groups in total. The van der Waals surface area contributed by atoms with Crippen LogP contribution in [0.1, 0.15) is 29.1 Å². The van der Waals surface area contributed by atoms with Crippen molar-refractivity contribution in [3.05, 3.63) is 50.9 Å². The Balaban J connectivity index is 1.35. The molecule has 0 aliphatic carbocycles. The molecule has 140 valence electrons. The third kappa shape index (κ3) is 6.36. The van der Waals surface area contributed by atoms with Gasteiger partial charge in [0.25, 0.3) is 0 Å². The molecule has 3 rings (SSSR count). The maximum atomic E-state index is 12.0. The second-order valence-corrected chi connectivity index (χ2v) is 7.76. The van der Waals surface area contributed by atoms with Crippen LogP contribution >= 0.6 is 22.9 Å².